The number of ether oxygens (including phenoxy) is 1. The number of H-pyrrole nitrogens is 1. The maximum absolute atomic E-state index is 13.4. The number of carbonyl (C=O) groups excluding carboxylic acids is 1. The number of carbonyl (C=O) groups is 2. The molecule has 3 aromatic carbocycles. The highest BCUT2D eigenvalue weighted by atomic mass is 16.5. The average molecular weight is 453 g/mol. The van der Waals surface area contributed by atoms with E-state index in [1.54, 1.807) is 31.4 Å². The molecule has 1 aliphatic heterocycles. The van der Waals surface area contributed by atoms with Gasteiger partial charge in [-0.05, 0) is 53.5 Å². The van der Waals surface area contributed by atoms with Gasteiger partial charge in [0.25, 0.3) is 0 Å². The van der Waals surface area contributed by atoms with Crippen molar-refractivity contribution >= 4 is 28.9 Å². The number of benzene rings is 3. The zero-order valence-corrected chi connectivity index (χ0v) is 18.7. The molecular weight excluding hydrogens is 428 g/mol. The molecule has 6 nitrogen and oxygen atoms in total. The third kappa shape index (κ3) is 3.83. The van der Waals surface area contributed by atoms with Crippen molar-refractivity contribution in [3.63, 3.8) is 0 Å². The van der Waals surface area contributed by atoms with E-state index < -0.39 is 5.97 Å². The van der Waals surface area contributed by atoms with Crippen LogP contribution in [0.25, 0.3) is 17.0 Å². The van der Waals surface area contributed by atoms with Crippen LogP contribution in [0, 0.1) is 0 Å². The van der Waals surface area contributed by atoms with Crippen molar-refractivity contribution < 1.29 is 19.4 Å². The van der Waals surface area contributed by atoms with Crippen LogP contribution in [0.3, 0.4) is 0 Å². The summed E-state index contributed by atoms with van der Waals surface area (Å²) in [4.78, 5) is 30.4. The highest BCUT2D eigenvalue weighted by Gasteiger charge is 2.33. The predicted molar refractivity (Wildman–Crippen MR) is 131 cm³/mol. The van der Waals surface area contributed by atoms with Crippen molar-refractivity contribution in [2.75, 3.05) is 13.7 Å². The van der Waals surface area contributed by atoms with Crippen LogP contribution in [0.1, 0.15) is 38.8 Å². The molecule has 0 fully saturated rings. The molecule has 170 valence electrons. The van der Waals surface area contributed by atoms with Gasteiger partial charge in [0.2, 0.25) is 5.91 Å². The Morgan fingerprint density at radius 2 is 1.76 bits per heavy atom. The van der Waals surface area contributed by atoms with E-state index in [-0.39, 0.29) is 17.5 Å². The lowest BCUT2D eigenvalue weighted by atomic mass is 9.92. The Hall–Kier alpha value is -4.32. The number of aromatic amines is 1. The van der Waals surface area contributed by atoms with Crippen molar-refractivity contribution in [1.29, 1.82) is 0 Å². The minimum absolute atomic E-state index is 0.162. The quantitative estimate of drug-likeness (QED) is 0.415. The maximum atomic E-state index is 13.4. The Balaban J connectivity index is 1.55. The highest BCUT2D eigenvalue weighted by Crippen LogP contribution is 2.39. The Labute approximate surface area is 197 Å². The molecule has 2 heterocycles. The highest BCUT2D eigenvalue weighted by molar-refractivity contribution is 5.97. The summed E-state index contributed by atoms with van der Waals surface area (Å²) >= 11 is 0. The van der Waals surface area contributed by atoms with Crippen molar-refractivity contribution in [3.8, 4) is 5.75 Å². The van der Waals surface area contributed by atoms with Gasteiger partial charge in [-0.3, -0.25) is 4.79 Å². The number of carboxylic acid groups (broad SMARTS) is 1. The fourth-order valence-corrected chi connectivity index (χ4v) is 4.70. The van der Waals surface area contributed by atoms with Gasteiger partial charge in [-0.15, -0.1) is 0 Å². The Kier molecular flexibility index (Phi) is 5.64. The fraction of sp³-hybridized carbons (Fsp3) is 0.143. The van der Waals surface area contributed by atoms with Crippen LogP contribution < -0.4 is 4.74 Å². The van der Waals surface area contributed by atoms with Crippen LogP contribution in [0.5, 0.6) is 5.75 Å². The molecule has 0 spiro atoms. The summed E-state index contributed by atoms with van der Waals surface area (Å²) in [5, 5.41) is 10.6. The normalized spacial score (nSPS) is 15.4. The van der Waals surface area contributed by atoms with Gasteiger partial charge in [0.1, 0.15) is 5.75 Å². The maximum Gasteiger partial charge on any atom is 0.336 e. The molecule has 0 saturated carbocycles. The molecule has 34 heavy (non-hydrogen) atoms. The Morgan fingerprint density at radius 3 is 2.53 bits per heavy atom. The summed E-state index contributed by atoms with van der Waals surface area (Å²) in [5.74, 6) is -0.450. The average Bonchev–Trinajstić information content (AvgIpc) is 3.25. The second kappa shape index (κ2) is 8.90. The standard InChI is InChI=1S/C28H24N2O4/c1-34-20-13-10-19(11-14-20)27-26-23(22-8-4-5-9-24(22)29-26)16-17-30(27)25(31)15-12-18-6-2-3-7-21(18)28(32)33/h2-15,27,29H,16-17H2,1H3,(H,32,33). The van der Waals surface area contributed by atoms with E-state index in [9.17, 15) is 14.7 Å². The van der Waals surface area contributed by atoms with Gasteiger partial charge in [-0.25, -0.2) is 4.79 Å². The lowest BCUT2D eigenvalue weighted by Gasteiger charge is -2.35. The third-order valence-electron chi connectivity index (χ3n) is 6.35. The largest absolute Gasteiger partial charge is 0.497 e. The van der Waals surface area contributed by atoms with Gasteiger partial charge in [-0.1, -0.05) is 48.5 Å². The van der Waals surface area contributed by atoms with Crippen LogP contribution in [0.15, 0.2) is 78.9 Å². The minimum atomic E-state index is -1.02. The number of fused-ring (bicyclic) bond motifs is 3. The first kappa shape index (κ1) is 21.5. The summed E-state index contributed by atoms with van der Waals surface area (Å²) in [7, 11) is 1.63. The zero-order valence-electron chi connectivity index (χ0n) is 18.7. The van der Waals surface area contributed by atoms with Gasteiger partial charge in [0.05, 0.1) is 18.7 Å². The minimum Gasteiger partial charge on any atom is -0.497 e. The van der Waals surface area contributed by atoms with E-state index >= 15 is 0 Å². The number of hydrogen-bond donors (Lipinski definition) is 2. The van der Waals surface area contributed by atoms with Crippen LogP contribution in [0.2, 0.25) is 0 Å². The predicted octanol–water partition coefficient (Wildman–Crippen LogP) is 5.06. The van der Waals surface area contributed by atoms with E-state index in [1.807, 2.05) is 47.4 Å². The van der Waals surface area contributed by atoms with E-state index in [2.05, 4.69) is 11.1 Å². The van der Waals surface area contributed by atoms with Gasteiger partial charge in [-0.2, -0.15) is 0 Å². The molecule has 2 N–H and O–H groups in total. The first-order valence-electron chi connectivity index (χ1n) is 11.1. The summed E-state index contributed by atoms with van der Waals surface area (Å²) in [6.07, 6.45) is 3.78. The number of nitrogens with zero attached hydrogens (tertiary/aromatic N) is 1. The number of para-hydroxylation sites is 1. The van der Waals surface area contributed by atoms with E-state index in [0.717, 1.165) is 28.9 Å². The molecule has 1 atom stereocenters. The first-order valence-corrected chi connectivity index (χ1v) is 11.1. The lowest BCUT2D eigenvalue weighted by Crippen LogP contribution is -2.39. The second-order valence-electron chi connectivity index (χ2n) is 8.25. The molecular formula is C28H24N2O4. The molecule has 0 radical (unpaired) electrons. The van der Waals surface area contributed by atoms with E-state index in [1.165, 1.54) is 23.1 Å². The number of aromatic nitrogens is 1. The molecule has 4 aromatic rings. The molecule has 5 rings (SSSR count). The van der Waals surface area contributed by atoms with E-state index in [4.69, 9.17) is 4.74 Å². The first-order chi connectivity index (χ1) is 16.6. The topological polar surface area (TPSA) is 82.6 Å². The monoisotopic (exact) mass is 452 g/mol. The molecule has 1 amide bonds. The molecule has 0 bridgehead atoms. The Bertz CT molecular complexity index is 1400. The molecule has 0 aliphatic carbocycles. The number of methoxy groups -OCH3 is 1. The van der Waals surface area contributed by atoms with Crippen molar-refractivity contribution in [2.45, 2.75) is 12.5 Å². The van der Waals surface area contributed by atoms with Crippen molar-refractivity contribution in [3.05, 3.63) is 107 Å². The summed E-state index contributed by atoms with van der Waals surface area (Å²) in [6, 6.07) is 22.3. The van der Waals surface area contributed by atoms with Crippen LogP contribution in [-0.2, 0) is 11.2 Å². The van der Waals surface area contributed by atoms with Gasteiger partial charge in [0.15, 0.2) is 0 Å². The fourth-order valence-electron chi connectivity index (χ4n) is 4.70. The molecule has 1 unspecified atom stereocenters. The Morgan fingerprint density at radius 1 is 1.03 bits per heavy atom. The number of carboxylic acids is 1. The van der Waals surface area contributed by atoms with Gasteiger partial charge in [0, 0.05) is 29.2 Å². The molecule has 1 aromatic heterocycles. The molecule has 1 aliphatic rings. The smallest absolute Gasteiger partial charge is 0.336 e. The number of rotatable bonds is 5. The van der Waals surface area contributed by atoms with E-state index in [0.29, 0.717) is 12.1 Å². The number of aromatic carboxylic acids is 1. The van der Waals surface area contributed by atoms with Crippen molar-refractivity contribution in [2.24, 2.45) is 0 Å². The van der Waals surface area contributed by atoms with Crippen LogP contribution >= 0.6 is 0 Å². The molecule has 6 heteroatoms. The number of nitrogens with one attached hydrogen (secondary N) is 1. The van der Waals surface area contributed by atoms with Crippen LogP contribution in [-0.4, -0.2) is 40.5 Å². The lowest BCUT2D eigenvalue weighted by molar-refractivity contribution is -0.128. The number of amides is 1. The van der Waals surface area contributed by atoms with Crippen LogP contribution in [0.4, 0.5) is 0 Å². The summed E-state index contributed by atoms with van der Waals surface area (Å²) in [5.41, 5.74) is 4.90. The second-order valence-corrected chi connectivity index (χ2v) is 8.25. The van der Waals surface area contributed by atoms with Crippen molar-refractivity contribution in [1.82, 2.24) is 9.88 Å². The third-order valence-corrected chi connectivity index (χ3v) is 6.35. The van der Waals surface area contributed by atoms with Gasteiger partial charge >= 0.3 is 5.97 Å². The number of hydrogen-bond acceptors (Lipinski definition) is 3. The SMILES string of the molecule is COc1ccc(C2c3[nH]c4ccccc4c3CCN2C(=O)C=Cc2ccccc2C(=O)O)cc1. The summed E-state index contributed by atoms with van der Waals surface area (Å²) < 4.78 is 5.32. The van der Waals surface area contributed by atoms with Gasteiger partial charge < -0.3 is 19.7 Å². The molecule has 0 saturated heterocycles. The summed E-state index contributed by atoms with van der Waals surface area (Å²) in [6.45, 7) is 0.551. The zero-order chi connectivity index (χ0) is 23.7.